The zero-order chi connectivity index (χ0) is 17.2. The first kappa shape index (κ1) is 15.1. The van der Waals surface area contributed by atoms with Gasteiger partial charge in [-0.1, -0.05) is 0 Å². The van der Waals surface area contributed by atoms with Crippen LogP contribution in [0.1, 0.15) is 10.5 Å². The summed E-state index contributed by atoms with van der Waals surface area (Å²) >= 11 is 0. The zero-order valence-electron chi connectivity index (χ0n) is 13.3. The van der Waals surface area contributed by atoms with E-state index in [0.717, 1.165) is 5.69 Å². The SMILES string of the molecule is O=C(c1cc(-c2ccco2)[nH]n1)N1CCN(c2cccnc2)C(=O)C1. The number of aromatic amines is 1. The van der Waals surface area contributed by atoms with Crippen LogP contribution >= 0.6 is 0 Å². The zero-order valence-corrected chi connectivity index (χ0v) is 13.3. The van der Waals surface area contributed by atoms with Gasteiger partial charge in [0.15, 0.2) is 11.5 Å². The highest BCUT2D eigenvalue weighted by molar-refractivity contribution is 6.01. The van der Waals surface area contributed by atoms with E-state index in [1.54, 1.807) is 47.8 Å². The van der Waals surface area contributed by atoms with E-state index in [2.05, 4.69) is 15.2 Å². The van der Waals surface area contributed by atoms with Crippen molar-refractivity contribution < 1.29 is 14.0 Å². The second-order valence-corrected chi connectivity index (χ2v) is 5.63. The molecule has 4 heterocycles. The van der Waals surface area contributed by atoms with Crippen molar-refractivity contribution in [3.8, 4) is 11.5 Å². The predicted octanol–water partition coefficient (Wildman–Crippen LogP) is 1.55. The Kier molecular flexibility index (Phi) is 3.77. The van der Waals surface area contributed by atoms with Gasteiger partial charge in [-0.3, -0.25) is 19.7 Å². The van der Waals surface area contributed by atoms with Gasteiger partial charge in [0.1, 0.15) is 12.2 Å². The van der Waals surface area contributed by atoms with Crippen LogP contribution in [0.25, 0.3) is 11.5 Å². The number of nitrogens with one attached hydrogen (secondary N) is 1. The van der Waals surface area contributed by atoms with Crippen LogP contribution in [0, 0.1) is 0 Å². The van der Waals surface area contributed by atoms with E-state index >= 15 is 0 Å². The van der Waals surface area contributed by atoms with Crippen LogP contribution in [0.2, 0.25) is 0 Å². The van der Waals surface area contributed by atoms with Gasteiger partial charge in [-0.05, 0) is 24.3 Å². The van der Waals surface area contributed by atoms with E-state index in [1.807, 2.05) is 6.07 Å². The summed E-state index contributed by atoms with van der Waals surface area (Å²) in [6.45, 7) is 0.866. The second-order valence-electron chi connectivity index (χ2n) is 5.63. The Morgan fingerprint density at radius 1 is 1.24 bits per heavy atom. The van der Waals surface area contributed by atoms with E-state index in [4.69, 9.17) is 4.42 Å². The number of aromatic nitrogens is 3. The molecule has 0 unspecified atom stereocenters. The van der Waals surface area contributed by atoms with Crippen LogP contribution in [0.3, 0.4) is 0 Å². The van der Waals surface area contributed by atoms with Crippen molar-refractivity contribution in [1.82, 2.24) is 20.1 Å². The summed E-state index contributed by atoms with van der Waals surface area (Å²) in [7, 11) is 0. The number of carbonyl (C=O) groups is 2. The Labute approximate surface area is 143 Å². The fraction of sp³-hybridized carbons (Fsp3) is 0.176. The third-order valence-corrected chi connectivity index (χ3v) is 4.05. The number of carbonyl (C=O) groups excluding carboxylic acids is 2. The second kappa shape index (κ2) is 6.23. The molecule has 8 heteroatoms. The minimum Gasteiger partial charge on any atom is -0.463 e. The number of furan rings is 1. The third-order valence-electron chi connectivity index (χ3n) is 4.05. The van der Waals surface area contributed by atoms with Gasteiger partial charge >= 0.3 is 0 Å². The molecule has 0 bridgehead atoms. The summed E-state index contributed by atoms with van der Waals surface area (Å²) in [5.74, 6) is 0.173. The van der Waals surface area contributed by atoms with Crippen molar-refractivity contribution in [2.24, 2.45) is 0 Å². The molecule has 1 aliphatic heterocycles. The summed E-state index contributed by atoms with van der Waals surface area (Å²) in [6, 6.07) is 8.76. The van der Waals surface area contributed by atoms with Crippen LogP contribution in [0.15, 0.2) is 53.4 Å². The van der Waals surface area contributed by atoms with Crippen LogP contribution in [-0.4, -0.2) is 51.5 Å². The maximum Gasteiger partial charge on any atom is 0.274 e. The smallest absolute Gasteiger partial charge is 0.274 e. The summed E-state index contributed by atoms with van der Waals surface area (Å²) in [5, 5.41) is 6.82. The van der Waals surface area contributed by atoms with Crippen molar-refractivity contribution in [3.63, 3.8) is 0 Å². The lowest BCUT2D eigenvalue weighted by Crippen LogP contribution is -2.52. The number of H-pyrrole nitrogens is 1. The minimum absolute atomic E-state index is 0.0106. The number of amides is 2. The molecule has 4 rings (SSSR count). The number of piperazine rings is 1. The molecule has 0 atom stereocenters. The molecule has 25 heavy (non-hydrogen) atoms. The van der Waals surface area contributed by atoms with Gasteiger partial charge in [-0.2, -0.15) is 5.10 Å². The van der Waals surface area contributed by atoms with Crippen molar-refractivity contribution in [2.45, 2.75) is 0 Å². The summed E-state index contributed by atoms with van der Waals surface area (Å²) in [4.78, 5) is 32.2. The average molecular weight is 337 g/mol. The van der Waals surface area contributed by atoms with Gasteiger partial charge in [0.25, 0.3) is 5.91 Å². The number of nitrogens with zero attached hydrogens (tertiary/aromatic N) is 4. The Morgan fingerprint density at radius 3 is 2.88 bits per heavy atom. The maximum atomic E-state index is 12.6. The number of rotatable bonds is 3. The van der Waals surface area contributed by atoms with Gasteiger partial charge in [-0.15, -0.1) is 0 Å². The summed E-state index contributed by atoms with van der Waals surface area (Å²) in [5.41, 5.74) is 1.61. The highest BCUT2D eigenvalue weighted by atomic mass is 16.3. The monoisotopic (exact) mass is 337 g/mol. The topological polar surface area (TPSA) is 95.3 Å². The molecule has 126 valence electrons. The Morgan fingerprint density at radius 2 is 2.16 bits per heavy atom. The van der Waals surface area contributed by atoms with E-state index in [0.29, 0.717) is 24.5 Å². The molecule has 0 aliphatic carbocycles. The lowest BCUT2D eigenvalue weighted by atomic mass is 10.2. The molecular formula is C17H15N5O3. The molecule has 0 aromatic carbocycles. The van der Waals surface area contributed by atoms with Gasteiger partial charge < -0.3 is 14.2 Å². The van der Waals surface area contributed by atoms with Crippen molar-refractivity contribution in [1.29, 1.82) is 0 Å². The van der Waals surface area contributed by atoms with Crippen LogP contribution in [0.5, 0.6) is 0 Å². The molecule has 3 aromatic rings. The Bertz CT molecular complexity index is 888. The van der Waals surface area contributed by atoms with E-state index in [9.17, 15) is 9.59 Å². The molecule has 2 amide bonds. The highest BCUT2D eigenvalue weighted by Crippen LogP contribution is 2.20. The Balaban J connectivity index is 1.47. The molecule has 1 fully saturated rings. The molecule has 1 saturated heterocycles. The summed E-state index contributed by atoms with van der Waals surface area (Å²) < 4.78 is 5.28. The maximum absolute atomic E-state index is 12.6. The minimum atomic E-state index is -0.284. The fourth-order valence-corrected chi connectivity index (χ4v) is 2.78. The van der Waals surface area contributed by atoms with Gasteiger partial charge in [0.05, 0.1) is 18.1 Å². The number of anilines is 1. The molecule has 0 saturated carbocycles. The first-order chi connectivity index (χ1) is 12.2. The first-order valence-electron chi connectivity index (χ1n) is 7.81. The molecule has 1 aliphatic rings. The quantitative estimate of drug-likeness (QED) is 0.782. The van der Waals surface area contributed by atoms with Crippen LogP contribution in [-0.2, 0) is 4.79 Å². The number of hydrogen-bond donors (Lipinski definition) is 1. The Hall–Kier alpha value is -3.42. The summed E-state index contributed by atoms with van der Waals surface area (Å²) in [6.07, 6.45) is 4.84. The molecule has 0 spiro atoms. The van der Waals surface area contributed by atoms with Gasteiger partial charge in [0.2, 0.25) is 5.91 Å². The molecular weight excluding hydrogens is 322 g/mol. The molecule has 8 nitrogen and oxygen atoms in total. The van der Waals surface area contributed by atoms with Gasteiger partial charge in [-0.25, -0.2) is 0 Å². The van der Waals surface area contributed by atoms with Crippen LogP contribution < -0.4 is 4.90 Å². The predicted molar refractivity (Wildman–Crippen MR) is 88.8 cm³/mol. The molecule has 1 N–H and O–H groups in total. The van der Waals surface area contributed by atoms with Crippen molar-refractivity contribution >= 4 is 17.5 Å². The first-order valence-corrected chi connectivity index (χ1v) is 7.81. The normalized spacial score (nSPS) is 14.8. The van der Waals surface area contributed by atoms with E-state index in [-0.39, 0.29) is 24.1 Å². The number of hydrogen-bond acceptors (Lipinski definition) is 5. The van der Waals surface area contributed by atoms with Gasteiger partial charge in [0, 0.05) is 25.4 Å². The highest BCUT2D eigenvalue weighted by Gasteiger charge is 2.29. The van der Waals surface area contributed by atoms with E-state index < -0.39 is 0 Å². The lowest BCUT2D eigenvalue weighted by molar-refractivity contribution is -0.120. The molecule has 3 aromatic heterocycles. The third kappa shape index (κ3) is 2.89. The van der Waals surface area contributed by atoms with E-state index in [1.165, 1.54) is 4.90 Å². The van der Waals surface area contributed by atoms with Crippen molar-refractivity contribution in [3.05, 3.63) is 54.7 Å². The van der Waals surface area contributed by atoms with Crippen molar-refractivity contribution in [2.75, 3.05) is 24.5 Å². The number of pyridine rings is 1. The average Bonchev–Trinajstić information content (AvgIpc) is 3.33. The van der Waals surface area contributed by atoms with Crippen LogP contribution in [0.4, 0.5) is 5.69 Å². The largest absolute Gasteiger partial charge is 0.463 e. The fourth-order valence-electron chi connectivity index (χ4n) is 2.78. The molecule has 0 radical (unpaired) electrons. The lowest BCUT2D eigenvalue weighted by Gasteiger charge is -2.33. The standard InChI is InChI=1S/C17H15N5O3/c23-16-11-21(6-7-22(16)12-3-1-5-18-10-12)17(24)14-9-13(19-20-14)15-4-2-8-25-15/h1-5,8-10H,6-7,11H2,(H,19,20).